The average Bonchev–Trinajstić information content (AvgIpc) is 3.12. The largest absolute Gasteiger partial charge is 0.391 e. The van der Waals surface area contributed by atoms with Crippen molar-refractivity contribution in [3.8, 4) is 5.69 Å². The Morgan fingerprint density at radius 2 is 2.07 bits per heavy atom. The van der Waals surface area contributed by atoms with Crippen molar-refractivity contribution in [3.05, 3.63) is 60.3 Å². The lowest BCUT2D eigenvalue weighted by molar-refractivity contribution is 0.154. The number of β-amino-alcohol motifs (C(OH)–C–C–N with tert-alkyl or cyclic N) is 1. The van der Waals surface area contributed by atoms with Crippen molar-refractivity contribution in [1.29, 1.82) is 0 Å². The molecule has 2 N–H and O–H groups in total. The highest BCUT2D eigenvalue weighted by Crippen LogP contribution is 2.20. The first-order valence-corrected chi connectivity index (χ1v) is 9.29. The molecular formula is C20H24N6O. The van der Waals surface area contributed by atoms with Gasteiger partial charge in [0.2, 0.25) is 5.95 Å². The smallest absolute Gasteiger partial charge is 0.224 e. The van der Waals surface area contributed by atoms with Gasteiger partial charge in [0, 0.05) is 38.2 Å². The van der Waals surface area contributed by atoms with Gasteiger partial charge in [-0.3, -0.25) is 0 Å². The van der Waals surface area contributed by atoms with Crippen LogP contribution >= 0.6 is 0 Å². The third-order valence-corrected chi connectivity index (χ3v) is 4.88. The Morgan fingerprint density at radius 3 is 2.89 bits per heavy atom. The maximum Gasteiger partial charge on any atom is 0.224 e. The van der Waals surface area contributed by atoms with E-state index in [0.717, 1.165) is 42.3 Å². The summed E-state index contributed by atoms with van der Waals surface area (Å²) in [5.41, 5.74) is 2.23. The van der Waals surface area contributed by atoms with Gasteiger partial charge in [-0.2, -0.15) is 4.98 Å². The molecule has 3 heterocycles. The average molecular weight is 364 g/mol. The number of aryl methyl sites for hydroxylation is 1. The van der Waals surface area contributed by atoms with Crippen LogP contribution in [0.3, 0.4) is 0 Å². The first-order valence-electron chi connectivity index (χ1n) is 9.29. The van der Waals surface area contributed by atoms with E-state index >= 15 is 0 Å². The number of rotatable bonds is 5. The molecule has 1 aromatic carbocycles. The van der Waals surface area contributed by atoms with Gasteiger partial charge in [0.15, 0.2) is 0 Å². The summed E-state index contributed by atoms with van der Waals surface area (Å²) < 4.78 is 2.07. The van der Waals surface area contributed by atoms with Crippen LogP contribution in [0.4, 0.5) is 11.8 Å². The fraction of sp³-hybridized carbons (Fsp3) is 0.350. The number of aliphatic hydroxyl groups is 1. The molecule has 1 aliphatic heterocycles. The summed E-state index contributed by atoms with van der Waals surface area (Å²) in [6.45, 7) is 4.14. The number of hydrogen-bond acceptors (Lipinski definition) is 6. The summed E-state index contributed by atoms with van der Waals surface area (Å²) in [5.74, 6) is 2.39. The van der Waals surface area contributed by atoms with Crippen LogP contribution in [-0.2, 0) is 6.54 Å². The Kier molecular flexibility index (Phi) is 5.02. The molecule has 1 aliphatic rings. The maximum absolute atomic E-state index is 9.90. The molecule has 7 heteroatoms. The summed E-state index contributed by atoms with van der Waals surface area (Å²) in [5, 5.41) is 13.2. The summed E-state index contributed by atoms with van der Waals surface area (Å²) >= 11 is 0. The summed E-state index contributed by atoms with van der Waals surface area (Å²) in [7, 11) is 0. The second-order valence-corrected chi connectivity index (χ2v) is 6.81. The van der Waals surface area contributed by atoms with E-state index in [9.17, 15) is 5.11 Å². The van der Waals surface area contributed by atoms with Crippen molar-refractivity contribution in [2.24, 2.45) is 0 Å². The number of nitrogens with zero attached hydrogens (tertiary/aromatic N) is 5. The van der Waals surface area contributed by atoms with Gasteiger partial charge >= 0.3 is 0 Å². The minimum atomic E-state index is -0.282. The molecule has 0 spiro atoms. The van der Waals surface area contributed by atoms with E-state index in [1.54, 1.807) is 12.4 Å². The molecule has 2 aromatic heterocycles. The van der Waals surface area contributed by atoms with E-state index in [2.05, 4.69) is 41.9 Å². The molecule has 0 amide bonds. The Balaban J connectivity index is 1.50. The number of benzene rings is 1. The lowest BCUT2D eigenvalue weighted by atomic mass is 10.1. The molecule has 0 radical (unpaired) electrons. The summed E-state index contributed by atoms with van der Waals surface area (Å²) in [6, 6.07) is 10.1. The van der Waals surface area contributed by atoms with Crippen molar-refractivity contribution >= 4 is 11.8 Å². The molecule has 4 rings (SSSR count). The van der Waals surface area contributed by atoms with Crippen LogP contribution in [0.1, 0.15) is 24.2 Å². The maximum atomic E-state index is 9.90. The van der Waals surface area contributed by atoms with E-state index in [-0.39, 0.29) is 6.10 Å². The van der Waals surface area contributed by atoms with Crippen molar-refractivity contribution < 1.29 is 5.11 Å². The highest BCUT2D eigenvalue weighted by molar-refractivity contribution is 5.46. The van der Waals surface area contributed by atoms with E-state index in [1.807, 2.05) is 31.3 Å². The normalized spacial score (nSPS) is 17.1. The number of para-hydroxylation sites is 1. The van der Waals surface area contributed by atoms with Gasteiger partial charge in [-0.1, -0.05) is 18.2 Å². The first-order chi connectivity index (χ1) is 13.2. The standard InChI is InChI=1S/C20H24N6O/c1-15-21-10-12-26(15)18-7-3-2-5-16(18)13-23-20-22-9-8-19(24-20)25-11-4-6-17(27)14-25/h2-3,5,7-10,12,17,27H,4,6,11,13-14H2,1H3,(H,22,23,24)/t17-/m0/s1. The van der Waals surface area contributed by atoms with E-state index in [0.29, 0.717) is 19.0 Å². The fourth-order valence-electron chi connectivity index (χ4n) is 3.48. The van der Waals surface area contributed by atoms with Crippen molar-refractivity contribution in [3.63, 3.8) is 0 Å². The number of hydrogen-bond donors (Lipinski definition) is 2. The van der Waals surface area contributed by atoms with Gasteiger partial charge in [0.1, 0.15) is 11.6 Å². The van der Waals surface area contributed by atoms with Gasteiger partial charge in [0.05, 0.1) is 11.8 Å². The lowest BCUT2D eigenvalue weighted by Gasteiger charge is -2.31. The first kappa shape index (κ1) is 17.5. The van der Waals surface area contributed by atoms with Crippen LogP contribution in [-0.4, -0.2) is 43.8 Å². The molecule has 0 bridgehead atoms. The number of aromatic nitrogens is 4. The predicted octanol–water partition coefficient (Wildman–Crippen LogP) is 2.54. The van der Waals surface area contributed by atoms with Gasteiger partial charge < -0.3 is 19.9 Å². The number of anilines is 2. The van der Waals surface area contributed by atoms with Crippen LogP contribution in [0.25, 0.3) is 5.69 Å². The third-order valence-electron chi connectivity index (χ3n) is 4.88. The fourth-order valence-corrected chi connectivity index (χ4v) is 3.48. The molecule has 27 heavy (non-hydrogen) atoms. The van der Waals surface area contributed by atoms with Gasteiger partial charge in [-0.25, -0.2) is 9.97 Å². The van der Waals surface area contributed by atoms with Crippen molar-refractivity contribution in [2.45, 2.75) is 32.4 Å². The molecule has 3 aromatic rings. The van der Waals surface area contributed by atoms with Crippen LogP contribution in [0.5, 0.6) is 0 Å². The Morgan fingerprint density at radius 1 is 1.19 bits per heavy atom. The van der Waals surface area contributed by atoms with Gasteiger partial charge in [-0.05, 0) is 37.5 Å². The number of imidazole rings is 1. The zero-order valence-corrected chi connectivity index (χ0v) is 15.4. The van der Waals surface area contributed by atoms with Crippen LogP contribution in [0.2, 0.25) is 0 Å². The molecule has 0 aliphatic carbocycles. The second kappa shape index (κ2) is 7.75. The highest BCUT2D eigenvalue weighted by Gasteiger charge is 2.19. The summed E-state index contributed by atoms with van der Waals surface area (Å²) in [6.07, 6.45) is 7.09. The molecule has 1 saturated heterocycles. The Bertz CT molecular complexity index is 909. The second-order valence-electron chi connectivity index (χ2n) is 6.81. The third kappa shape index (κ3) is 3.93. The molecule has 0 unspecified atom stereocenters. The Labute approximate surface area is 158 Å². The molecule has 0 saturated carbocycles. The van der Waals surface area contributed by atoms with Gasteiger partial charge in [0.25, 0.3) is 0 Å². The zero-order valence-electron chi connectivity index (χ0n) is 15.4. The molecule has 140 valence electrons. The molecular weight excluding hydrogens is 340 g/mol. The van der Waals surface area contributed by atoms with Crippen LogP contribution in [0, 0.1) is 6.92 Å². The number of nitrogens with one attached hydrogen (secondary N) is 1. The molecule has 1 fully saturated rings. The van der Waals surface area contributed by atoms with Crippen LogP contribution < -0.4 is 10.2 Å². The quantitative estimate of drug-likeness (QED) is 0.724. The lowest BCUT2D eigenvalue weighted by Crippen LogP contribution is -2.38. The van der Waals surface area contributed by atoms with Gasteiger partial charge in [-0.15, -0.1) is 0 Å². The SMILES string of the molecule is Cc1nccn1-c1ccccc1CNc1nccc(N2CCC[C@H](O)C2)n1. The number of piperidine rings is 1. The molecule has 1 atom stereocenters. The molecule has 7 nitrogen and oxygen atoms in total. The zero-order chi connectivity index (χ0) is 18.6. The van der Waals surface area contributed by atoms with Crippen molar-refractivity contribution in [1.82, 2.24) is 19.5 Å². The topological polar surface area (TPSA) is 79.1 Å². The number of aliphatic hydroxyl groups excluding tert-OH is 1. The minimum Gasteiger partial charge on any atom is -0.391 e. The van der Waals surface area contributed by atoms with Crippen LogP contribution in [0.15, 0.2) is 48.9 Å². The predicted molar refractivity (Wildman–Crippen MR) is 105 cm³/mol. The highest BCUT2D eigenvalue weighted by atomic mass is 16.3. The van der Waals surface area contributed by atoms with Crippen molar-refractivity contribution in [2.75, 3.05) is 23.3 Å². The monoisotopic (exact) mass is 364 g/mol. The van der Waals surface area contributed by atoms with E-state index < -0.39 is 0 Å². The minimum absolute atomic E-state index is 0.282. The van der Waals surface area contributed by atoms with E-state index in [1.165, 1.54) is 0 Å². The van der Waals surface area contributed by atoms with E-state index in [4.69, 9.17) is 0 Å². The summed E-state index contributed by atoms with van der Waals surface area (Å²) in [4.78, 5) is 15.4. The Hall–Kier alpha value is -2.93.